The summed E-state index contributed by atoms with van der Waals surface area (Å²) in [5.41, 5.74) is 2.88. The highest BCUT2D eigenvalue weighted by Crippen LogP contribution is 2.37. The first kappa shape index (κ1) is 23.9. The average molecular weight is 477 g/mol. The molecule has 1 heterocycles. The van der Waals surface area contributed by atoms with Gasteiger partial charge in [-0.15, -0.1) is 0 Å². The molecule has 0 fully saturated rings. The molecule has 0 aliphatic carbocycles. The van der Waals surface area contributed by atoms with Crippen molar-refractivity contribution in [1.82, 2.24) is 4.90 Å². The van der Waals surface area contributed by atoms with Gasteiger partial charge in [0.25, 0.3) is 5.91 Å². The zero-order valence-electron chi connectivity index (χ0n) is 20.2. The third-order valence-electron chi connectivity index (χ3n) is 6.03. The van der Waals surface area contributed by atoms with E-state index in [2.05, 4.69) is 5.32 Å². The lowest BCUT2D eigenvalue weighted by atomic mass is 10.0. The van der Waals surface area contributed by atoms with Crippen LogP contribution in [0.1, 0.15) is 33.9 Å². The zero-order chi connectivity index (χ0) is 24.9. The van der Waals surface area contributed by atoms with Crippen molar-refractivity contribution in [2.45, 2.75) is 19.0 Å². The quantitative estimate of drug-likeness (QED) is 0.491. The molecule has 0 saturated heterocycles. The van der Waals surface area contributed by atoms with E-state index in [4.69, 9.17) is 18.9 Å². The van der Waals surface area contributed by atoms with Crippen LogP contribution in [0.4, 0.5) is 5.69 Å². The second-order valence-corrected chi connectivity index (χ2v) is 8.07. The summed E-state index contributed by atoms with van der Waals surface area (Å²) in [6.45, 7) is 0.411. The highest BCUT2D eigenvalue weighted by molar-refractivity contribution is 5.99. The Hall–Kier alpha value is -4.20. The number of hydrogen-bond donors (Lipinski definition) is 1. The normalized spacial score (nSPS) is 13.1. The van der Waals surface area contributed by atoms with Gasteiger partial charge < -0.3 is 29.2 Å². The molecule has 0 radical (unpaired) electrons. The predicted molar refractivity (Wildman–Crippen MR) is 131 cm³/mol. The number of methoxy groups -OCH3 is 4. The summed E-state index contributed by atoms with van der Waals surface area (Å²) < 4.78 is 21.4. The van der Waals surface area contributed by atoms with Gasteiger partial charge in [0.1, 0.15) is 11.5 Å². The summed E-state index contributed by atoms with van der Waals surface area (Å²) >= 11 is 0. The lowest BCUT2D eigenvalue weighted by Crippen LogP contribution is -2.32. The standard InChI is InChI=1S/C27H28N2O6/c1-32-20-12-19(13-21(14-20)33-2)28-26(30)15-23(17-9-10-24(34-3)25(11-17)35-4)29-16-18-7-5-6-8-22(18)27(29)31/h5-14,23H,15-16H2,1-4H3,(H,28,30)/t23-/m0/s1. The first-order valence-corrected chi connectivity index (χ1v) is 11.1. The summed E-state index contributed by atoms with van der Waals surface area (Å²) in [6.07, 6.45) is 0.0364. The third kappa shape index (κ3) is 5.01. The van der Waals surface area contributed by atoms with Crippen molar-refractivity contribution in [1.29, 1.82) is 0 Å². The molecule has 1 N–H and O–H groups in total. The number of fused-ring (bicyclic) bond motifs is 1. The number of ether oxygens (including phenoxy) is 4. The molecule has 1 aliphatic heterocycles. The van der Waals surface area contributed by atoms with Gasteiger partial charge in [-0.05, 0) is 29.3 Å². The van der Waals surface area contributed by atoms with Crippen molar-refractivity contribution >= 4 is 17.5 Å². The molecule has 3 aromatic carbocycles. The Morgan fingerprint density at radius 1 is 0.886 bits per heavy atom. The lowest BCUT2D eigenvalue weighted by molar-refractivity contribution is -0.117. The molecule has 2 amide bonds. The van der Waals surface area contributed by atoms with E-state index in [0.717, 1.165) is 11.1 Å². The molecule has 8 nitrogen and oxygen atoms in total. The number of carbonyl (C=O) groups excluding carboxylic acids is 2. The molecular formula is C27H28N2O6. The monoisotopic (exact) mass is 476 g/mol. The molecular weight excluding hydrogens is 448 g/mol. The maximum Gasteiger partial charge on any atom is 0.255 e. The summed E-state index contributed by atoms with van der Waals surface area (Å²) in [5.74, 6) is 1.83. The van der Waals surface area contributed by atoms with Crippen molar-refractivity contribution in [3.8, 4) is 23.0 Å². The van der Waals surface area contributed by atoms with Crippen molar-refractivity contribution in [3.63, 3.8) is 0 Å². The van der Waals surface area contributed by atoms with Crippen LogP contribution in [0.3, 0.4) is 0 Å². The largest absolute Gasteiger partial charge is 0.497 e. The fourth-order valence-corrected chi connectivity index (χ4v) is 4.26. The molecule has 4 rings (SSSR count). The average Bonchev–Trinajstić information content (AvgIpc) is 3.22. The van der Waals surface area contributed by atoms with E-state index >= 15 is 0 Å². The molecule has 3 aromatic rings. The van der Waals surface area contributed by atoms with Gasteiger partial charge in [0.2, 0.25) is 5.91 Å². The third-order valence-corrected chi connectivity index (χ3v) is 6.03. The van der Waals surface area contributed by atoms with E-state index in [9.17, 15) is 9.59 Å². The summed E-state index contributed by atoms with van der Waals surface area (Å²) in [6, 6.07) is 17.5. The van der Waals surface area contributed by atoms with Crippen molar-refractivity contribution < 1.29 is 28.5 Å². The van der Waals surface area contributed by atoms with E-state index in [-0.39, 0.29) is 18.2 Å². The minimum Gasteiger partial charge on any atom is -0.497 e. The minimum atomic E-state index is -0.526. The molecule has 35 heavy (non-hydrogen) atoms. The van der Waals surface area contributed by atoms with Gasteiger partial charge in [-0.1, -0.05) is 24.3 Å². The summed E-state index contributed by atoms with van der Waals surface area (Å²) in [4.78, 5) is 28.2. The molecule has 1 aliphatic rings. The fraction of sp³-hybridized carbons (Fsp3) is 0.259. The number of nitrogens with zero attached hydrogens (tertiary/aromatic N) is 1. The maximum atomic E-state index is 13.3. The van der Waals surface area contributed by atoms with Crippen LogP contribution in [0.2, 0.25) is 0 Å². The van der Waals surface area contributed by atoms with E-state index in [1.54, 1.807) is 57.6 Å². The van der Waals surface area contributed by atoms with Gasteiger partial charge in [-0.3, -0.25) is 9.59 Å². The second-order valence-electron chi connectivity index (χ2n) is 8.07. The molecule has 0 aromatic heterocycles. The van der Waals surface area contributed by atoms with Gasteiger partial charge in [-0.2, -0.15) is 0 Å². The topological polar surface area (TPSA) is 86.3 Å². The Bertz CT molecular complexity index is 1220. The maximum absolute atomic E-state index is 13.3. The van der Waals surface area contributed by atoms with Gasteiger partial charge >= 0.3 is 0 Å². The van der Waals surface area contributed by atoms with E-state index in [1.807, 2.05) is 36.4 Å². The zero-order valence-corrected chi connectivity index (χ0v) is 20.2. The Kier molecular flexibility index (Phi) is 7.10. The Morgan fingerprint density at radius 2 is 1.57 bits per heavy atom. The van der Waals surface area contributed by atoms with E-state index in [1.165, 1.54) is 0 Å². The van der Waals surface area contributed by atoms with Crippen LogP contribution in [0, 0.1) is 0 Å². The number of anilines is 1. The van der Waals surface area contributed by atoms with Crippen LogP contribution >= 0.6 is 0 Å². The molecule has 0 saturated carbocycles. The SMILES string of the molecule is COc1cc(NC(=O)C[C@@H](c2ccc(OC)c(OC)c2)N2Cc3ccccc3C2=O)cc(OC)c1. The van der Waals surface area contributed by atoms with Crippen LogP contribution in [0.25, 0.3) is 0 Å². The molecule has 182 valence electrons. The first-order valence-electron chi connectivity index (χ1n) is 11.1. The molecule has 1 atom stereocenters. The van der Waals surface area contributed by atoms with E-state index < -0.39 is 6.04 Å². The second kappa shape index (κ2) is 10.4. The van der Waals surface area contributed by atoms with Crippen molar-refractivity contribution in [3.05, 3.63) is 77.4 Å². The number of hydrogen-bond acceptors (Lipinski definition) is 6. The number of nitrogens with one attached hydrogen (secondary N) is 1. The molecule has 0 bridgehead atoms. The Balaban J connectivity index is 1.65. The van der Waals surface area contributed by atoms with Crippen LogP contribution < -0.4 is 24.3 Å². The number of benzene rings is 3. The summed E-state index contributed by atoms with van der Waals surface area (Å²) in [7, 11) is 6.20. The van der Waals surface area contributed by atoms with Gasteiger partial charge in [0.15, 0.2) is 11.5 Å². The van der Waals surface area contributed by atoms with Gasteiger partial charge in [-0.25, -0.2) is 0 Å². The Labute approximate surface area is 204 Å². The van der Waals surface area contributed by atoms with Gasteiger partial charge in [0.05, 0.1) is 40.9 Å². The van der Waals surface area contributed by atoms with Crippen LogP contribution in [0.5, 0.6) is 23.0 Å². The van der Waals surface area contributed by atoms with Crippen LogP contribution in [-0.2, 0) is 11.3 Å². The van der Waals surface area contributed by atoms with Crippen LogP contribution in [-0.4, -0.2) is 45.2 Å². The number of amides is 2. The molecule has 0 unspecified atom stereocenters. The first-order chi connectivity index (χ1) is 17.0. The molecule has 0 spiro atoms. The Morgan fingerprint density at radius 3 is 2.20 bits per heavy atom. The number of carbonyl (C=O) groups is 2. The molecule has 8 heteroatoms. The number of rotatable bonds is 9. The van der Waals surface area contributed by atoms with Gasteiger partial charge in [0, 0.05) is 36.0 Å². The predicted octanol–water partition coefficient (Wildman–Crippen LogP) is 4.45. The van der Waals surface area contributed by atoms with Crippen molar-refractivity contribution in [2.24, 2.45) is 0 Å². The van der Waals surface area contributed by atoms with Crippen molar-refractivity contribution in [2.75, 3.05) is 33.8 Å². The fourth-order valence-electron chi connectivity index (χ4n) is 4.26. The van der Waals surface area contributed by atoms with Crippen LogP contribution in [0.15, 0.2) is 60.7 Å². The highest BCUT2D eigenvalue weighted by Gasteiger charge is 2.35. The smallest absolute Gasteiger partial charge is 0.255 e. The minimum absolute atomic E-state index is 0.0364. The lowest BCUT2D eigenvalue weighted by Gasteiger charge is -2.28. The van der Waals surface area contributed by atoms with E-state index in [0.29, 0.717) is 40.8 Å². The summed E-state index contributed by atoms with van der Waals surface area (Å²) in [5, 5.41) is 2.91. The highest BCUT2D eigenvalue weighted by atomic mass is 16.5.